The summed E-state index contributed by atoms with van der Waals surface area (Å²) in [5.74, 6) is 0.653. The van der Waals surface area contributed by atoms with Crippen LogP contribution in [0.4, 0.5) is 19.0 Å². The van der Waals surface area contributed by atoms with Crippen LogP contribution in [0.25, 0.3) is 0 Å². The molecule has 1 aliphatic heterocycles. The fourth-order valence-electron chi connectivity index (χ4n) is 4.00. The maximum absolute atomic E-state index is 13.3. The third kappa shape index (κ3) is 4.19. The second kappa shape index (κ2) is 8.03. The van der Waals surface area contributed by atoms with Gasteiger partial charge in [0.15, 0.2) is 6.04 Å². The molecule has 1 aromatic carbocycles. The maximum atomic E-state index is 13.3. The number of hydrogen-bond donors (Lipinski definition) is 0. The zero-order valence-corrected chi connectivity index (χ0v) is 18.2. The summed E-state index contributed by atoms with van der Waals surface area (Å²) in [5, 5.41) is 5.65. The number of hydrogen-bond acceptors (Lipinski definition) is 4. The number of nitrogens with zero attached hydrogens (tertiary/aromatic N) is 3. The summed E-state index contributed by atoms with van der Waals surface area (Å²) in [6.45, 7) is 6.31. The Hall–Kier alpha value is -2.81. The molecule has 0 bridgehead atoms. The van der Waals surface area contributed by atoms with Crippen molar-refractivity contribution in [2.24, 2.45) is 0 Å². The van der Waals surface area contributed by atoms with E-state index in [4.69, 9.17) is 4.74 Å². The lowest BCUT2D eigenvalue weighted by molar-refractivity contribution is -0.172. The molecule has 5 nitrogen and oxygen atoms in total. The van der Waals surface area contributed by atoms with Crippen molar-refractivity contribution < 1.29 is 22.7 Å². The fraction of sp³-hybridized carbons (Fsp3) is 0.364. The first-order valence-corrected chi connectivity index (χ1v) is 10.7. The predicted molar refractivity (Wildman–Crippen MR) is 113 cm³/mol. The van der Waals surface area contributed by atoms with Crippen molar-refractivity contribution in [2.45, 2.75) is 46.0 Å². The van der Waals surface area contributed by atoms with Crippen LogP contribution in [0.3, 0.4) is 0 Å². The van der Waals surface area contributed by atoms with Gasteiger partial charge in [-0.05, 0) is 49.8 Å². The number of halogens is 3. The quantitative estimate of drug-likeness (QED) is 0.521. The van der Waals surface area contributed by atoms with E-state index in [1.165, 1.54) is 34.1 Å². The normalized spacial score (nSPS) is 16.3. The van der Waals surface area contributed by atoms with Crippen LogP contribution in [0.2, 0.25) is 0 Å². The Morgan fingerprint density at radius 2 is 1.94 bits per heavy atom. The number of amides is 1. The van der Waals surface area contributed by atoms with Gasteiger partial charge < -0.3 is 4.74 Å². The number of carbonyl (C=O) groups is 1. The van der Waals surface area contributed by atoms with E-state index in [0.717, 1.165) is 27.1 Å². The summed E-state index contributed by atoms with van der Waals surface area (Å²) in [7, 11) is 0. The molecule has 1 aliphatic rings. The molecule has 1 atom stereocenters. The van der Waals surface area contributed by atoms with Crippen LogP contribution in [-0.4, -0.2) is 28.4 Å². The summed E-state index contributed by atoms with van der Waals surface area (Å²) in [6.07, 6.45) is -3.34. The molecule has 0 N–H and O–H groups in total. The minimum absolute atomic E-state index is 0.0137. The van der Waals surface area contributed by atoms with Gasteiger partial charge in [-0.25, -0.2) is 4.68 Å². The molecule has 2 aromatic heterocycles. The number of rotatable bonds is 4. The Morgan fingerprint density at radius 3 is 2.61 bits per heavy atom. The van der Waals surface area contributed by atoms with Gasteiger partial charge in [-0.1, -0.05) is 17.7 Å². The number of fused-ring (bicyclic) bond motifs is 1. The van der Waals surface area contributed by atoms with Gasteiger partial charge in [0.25, 0.3) is 5.91 Å². The van der Waals surface area contributed by atoms with E-state index in [-0.39, 0.29) is 24.7 Å². The van der Waals surface area contributed by atoms with Crippen molar-refractivity contribution in [3.05, 3.63) is 63.0 Å². The van der Waals surface area contributed by atoms with Crippen LogP contribution in [-0.2, 0) is 6.61 Å². The molecule has 0 spiro atoms. The predicted octanol–water partition coefficient (Wildman–Crippen LogP) is 5.60. The van der Waals surface area contributed by atoms with E-state index >= 15 is 0 Å². The molecule has 4 rings (SSSR count). The number of ether oxygens (including phenoxy) is 1. The van der Waals surface area contributed by atoms with Gasteiger partial charge in [-0.15, -0.1) is 11.3 Å². The minimum atomic E-state index is -4.41. The largest absolute Gasteiger partial charge is 0.488 e. The van der Waals surface area contributed by atoms with Crippen molar-refractivity contribution in [1.82, 2.24) is 9.78 Å². The topological polar surface area (TPSA) is 47.4 Å². The average molecular weight is 449 g/mol. The Labute approximate surface area is 182 Å². The van der Waals surface area contributed by atoms with Crippen molar-refractivity contribution >= 4 is 23.1 Å². The smallest absolute Gasteiger partial charge is 0.410 e. The lowest BCUT2D eigenvalue weighted by Gasteiger charge is -2.33. The molecule has 0 saturated carbocycles. The summed E-state index contributed by atoms with van der Waals surface area (Å²) in [4.78, 5) is 14.8. The average Bonchev–Trinajstić information content (AvgIpc) is 3.34. The first-order chi connectivity index (χ1) is 14.6. The highest BCUT2D eigenvalue weighted by Crippen LogP contribution is 2.39. The lowest BCUT2D eigenvalue weighted by atomic mass is 10.1. The fourth-order valence-corrected chi connectivity index (χ4v) is 4.85. The maximum Gasteiger partial charge on any atom is 0.410 e. The van der Waals surface area contributed by atoms with Crippen molar-refractivity contribution in [2.75, 3.05) is 11.4 Å². The van der Waals surface area contributed by atoms with Gasteiger partial charge >= 0.3 is 6.18 Å². The van der Waals surface area contributed by atoms with Gasteiger partial charge in [0, 0.05) is 18.2 Å². The summed E-state index contributed by atoms with van der Waals surface area (Å²) >= 11 is 1.26. The molecule has 3 heterocycles. The monoisotopic (exact) mass is 449 g/mol. The number of carbonyl (C=O) groups excluding carboxylic acids is 1. The first-order valence-electron chi connectivity index (χ1n) is 9.85. The molecule has 164 valence electrons. The molecule has 0 radical (unpaired) electrons. The molecule has 31 heavy (non-hydrogen) atoms. The highest BCUT2D eigenvalue weighted by Gasteiger charge is 2.46. The molecule has 0 aliphatic carbocycles. The van der Waals surface area contributed by atoms with Crippen molar-refractivity contribution in [3.63, 3.8) is 0 Å². The zero-order chi connectivity index (χ0) is 22.3. The Balaban J connectivity index is 1.49. The van der Waals surface area contributed by atoms with Crippen LogP contribution in [0.5, 0.6) is 5.75 Å². The van der Waals surface area contributed by atoms with Gasteiger partial charge in [0.2, 0.25) is 0 Å². The standard InChI is InChI=1S/C22H22F3N3O2S/c1-13-8-14(2)20(15(3)9-13)30-11-16-10-17(31-12-16)21(29)27-7-5-18(22(23,24)25)28-19(27)4-6-26-28/h4,6,8-10,12,18H,5,7,11H2,1-3H3. The molecular weight excluding hydrogens is 427 g/mol. The van der Waals surface area contributed by atoms with E-state index in [1.807, 2.05) is 26.2 Å². The SMILES string of the molecule is Cc1cc(C)c(OCc2csc(C(=O)N3CCC(C(F)(F)F)n4nccc43)c2)c(C)c1. The molecule has 3 aromatic rings. The van der Waals surface area contributed by atoms with Gasteiger partial charge in [-0.2, -0.15) is 18.3 Å². The number of aromatic nitrogens is 2. The summed E-state index contributed by atoms with van der Waals surface area (Å²) in [6, 6.07) is 5.57. The summed E-state index contributed by atoms with van der Waals surface area (Å²) in [5.41, 5.74) is 4.10. The first kappa shape index (κ1) is 21.4. The van der Waals surface area contributed by atoms with Crippen LogP contribution in [0.15, 0.2) is 35.8 Å². The number of thiophene rings is 1. The molecule has 1 amide bonds. The minimum Gasteiger partial charge on any atom is -0.488 e. The van der Waals surface area contributed by atoms with Gasteiger partial charge in [0.1, 0.15) is 18.2 Å². The lowest BCUT2D eigenvalue weighted by Crippen LogP contribution is -2.42. The van der Waals surface area contributed by atoms with Crippen molar-refractivity contribution in [1.29, 1.82) is 0 Å². The van der Waals surface area contributed by atoms with Crippen LogP contribution in [0, 0.1) is 20.8 Å². The van der Waals surface area contributed by atoms with E-state index in [9.17, 15) is 18.0 Å². The third-order valence-electron chi connectivity index (χ3n) is 5.32. The number of anilines is 1. The Morgan fingerprint density at radius 1 is 1.23 bits per heavy atom. The van der Waals surface area contributed by atoms with E-state index in [0.29, 0.717) is 11.5 Å². The Bertz CT molecular complexity index is 1100. The summed E-state index contributed by atoms with van der Waals surface area (Å²) < 4.78 is 46.7. The molecule has 0 saturated heterocycles. The second-order valence-electron chi connectivity index (χ2n) is 7.77. The van der Waals surface area contributed by atoms with Crippen LogP contribution in [0.1, 0.15) is 44.4 Å². The van der Waals surface area contributed by atoms with E-state index in [2.05, 4.69) is 17.2 Å². The second-order valence-corrected chi connectivity index (χ2v) is 8.68. The zero-order valence-electron chi connectivity index (χ0n) is 17.4. The molecule has 9 heteroatoms. The van der Waals surface area contributed by atoms with Crippen molar-refractivity contribution in [3.8, 4) is 5.75 Å². The number of aryl methyl sites for hydroxylation is 3. The van der Waals surface area contributed by atoms with Crippen LogP contribution < -0.4 is 9.64 Å². The van der Waals surface area contributed by atoms with E-state index < -0.39 is 12.2 Å². The molecule has 0 fully saturated rings. The number of benzene rings is 1. The highest BCUT2D eigenvalue weighted by atomic mass is 32.1. The Kier molecular flexibility index (Phi) is 5.55. The molecule has 1 unspecified atom stereocenters. The molecular formula is C22H22F3N3O2S. The highest BCUT2D eigenvalue weighted by molar-refractivity contribution is 7.12. The van der Waals surface area contributed by atoms with Crippen LogP contribution >= 0.6 is 11.3 Å². The van der Waals surface area contributed by atoms with Gasteiger partial charge in [0.05, 0.1) is 11.1 Å². The third-order valence-corrected chi connectivity index (χ3v) is 6.29. The van der Waals surface area contributed by atoms with E-state index in [1.54, 1.807) is 6.07 Å². The van der Waals surface area contributed by atoms with Gasteiger partial charge in [-0.3, -0.25) is 9.69 Å². The number of alkyl halides is 3.